The minimum Gasteiger partial charge on any atom is -0.396 e. The molecule has 104 valence electrons. The van der Waals surface area contributed by atoms with Gasteiger partial charge >= 0.3 is 0 Å². The predicted molar refractivity (Wildman–Crippen MR) is 85.8 cm³/mol. The maximum atomic E-state index is 9.75. The highest BCUT2D eigenvalue weighted by Gasteiger charge is 2.26. The number of benzene rings is 2. The van der Waals surface area contributed by atoms with Gasteiger partial charge < -0.3 is 5.11 Å². The van der Waals surface area contributed by atoms with Crippen LogP contribution in [0.2, 0.25) is 5.02 Å². The summed E-state index contributed by atoms with van der Waals surface area (Å²) in [5.74, 6) is 1.71. The number of hydrogen-bond donors (Lipinski definition) is 1. The zero-order valence-corrected chi connectivity index (χ0v) is 12.7. The fourth-order valence-corrected chi connectivity index (χ4v) is 4.44. The van der Waals surface area contributed by atoms with Gasteiger partial charge in [-0.3, -0.25) is 0 Å². The molecule has 2 aromatic carbocycles. The summed E-state index contributed by atoms with van der Waals surface area (Å²) in [6.45, 7) is 0.146. The Morgan fingerprint density at radius 3 is 2.70 bits per heavy atom. The van der Waals surface area contributed by atoms with E-state index in [0.29, 0.717) is 5.92 Å². The molecule has 2 atom stereocenters. The van der Waals surface area contributed by atoms with E-state index in [2.05, 4.69) is 24.3 Å². The smallest absolute Gasteiger partial charge is 0.0500 e. The second-order valence-electron chi connectivity index (χ2n) is 5.18. The van der Waals surface area contributed by atoms with Gasteiger partial charge in [0.15, 0.2) is 0 Å². The zero-order chi connectivity index (χ0) is 13.9. The van der Waals surface area contributed by atoms with Crippen molar-refractivity contribution < 1.29 is 5.11 Å². The number of aliphatic hydroxyl groups is 1. The van der Waals surface area contributed by atoms with Crippen molar-refractivity contribution in [2.45, 2.75) is 23.2 Å². The van der Waals surface area contributed by atoms with Gasteiger partial charge in [-0.25, -0.2) is 0 Å². The Hall–Kier alpha value is -0.960. The van der Waals surface area contributed by atoms with Crippen molar-refractivity contribution in [1.82, 2.24) is 0 Å². The van der Waals surface area contributed by atoms with Crippen LogP contribution in [0.15, 0.2) is 53.4 Å². The summed E-state index contributed by atoms with van der Waals surface area (Å²) in [5.41, 5.74) is 2.48. The number of rotatable bonds is 4. The van der Waals surface area contributed by atoms with Crippen LogP contribution < -0.4 is 0 Å². The van der Waals surface area contributed by atoms with Crippen LogP contribution in [0.5, 0.6) is 0 Å². The zero-order valence-electron chi connectivity index (χ0n) is 11.1. The van der Waals surface area contributed by atoms with E-state index in [4.69, 9.17) is 11.6 Å². The van der Waals surface area contributed by atoms with Gasteiger partial charge in [0.2, 0.25) is 0 Å². The molecule has 3 rings (SSSR count). The van der Waals surface area contributed by atoms with E-state index in [9.17, 15) is 5.11 Å². The molecule has 1 nitrogen and oxygen atoms in total. The average Bonchev–Trinajstić information content (AvgIpc) is 2.89. The van der Waals surface area contributed by atoms with Crippen LogP contribution in [0.25, 0.3) is 0 Å². The lowest BCUT2D eigenvalue weighted by molar-refractivity contribution is 0.255. The molecule has 1 aliphatic rings. The lowest BCUT2D eigenvalue weighted by Crippen LogP contribution is -2.10. The number of hydrogen-bond acceptors (Lipinski definition) is 2. The molecule has 3 heteroatoms. The number of fused-ring (bicyclic) bond motifs is 1. The number of halogens is 1. The van der Waals surface area contributed by atoms with Crippen molar-refractivity contribution in [3.8, 4) is 0 Å². The van der Waals surface area contributed by atoms with Gasteiger partial charge in [0.1, 0.15) is 0 Å². The first-order valence-electron chi connectivity index (χ1n) is 6.86. The van der Waals surface area contributed by atoms with Crippen LogP contribution in [-0.4, -0.2) is 17.5 Å². The molecule has 0 radical (unpaired) electrons. The monoisotopic (exact) mass is 304 g/mol. The van der Waals surface area contributed by atoms with E-state index in [1.165, 1.54) is 10.5 Å². The summed E-state index contributed by atoms with van der Waals surface area (Å²) < 4.78 is 0. The molecule has 1 heterocycles. The summed E-state index contributed by atoms with van der Waals surface area (Å²) >= 11 is 8.18. The molecule has 20 heavy (non-hydrogen) atoms. The molecular weight excluding hydrogens is 288 g/mol. The van der Waals surface area contributed by atoms with Crippen LogP contribution in [0.1, 0.15) is 29.4 Å². The van der Waals surface area contributed by atoms with Gasteiger partial charge in [0.25, 0.3) is 0 Å². The van der Waals surface area contributed by atoms with Crippen LogP contribution >= 0.6 is 23.4 Å². The Bertz CT molecular complexity index is 599. The molecule has 0 fully saturated rings. The first-order valence-corrected chi connectivity index (χ1v) is 8.23. The van der Waals surface area contributed by atoms with E-state index < -0.39 is 0 Å². The van der Waals surface area contributed by atoms with E-state index >= 15 is 0 Å². The Kier molecular flexibility index (Phi) is 4.35. The molecule has 0 saturated carbocycles. The molecule has 1 N–H and O–H groups in total. The fourth-order valence-electron chi connectivity index (χ4n) is 2.87. The Morgan fingerprint density at radius 2 is 1.90 bits per heavy atom. The second-order valence-corrected chi connectivity index (χ2v) is 6.65. The topological polar surface area (TPSA) is 20.2 Å². The molecule has 0 amide bonds. The Labute approximate surface area is 129 Å². The third-order valence-electron chi connectivity index (χ3n) is 3.93. The number of thioether (sulfide) groups is 1. The highest BCUT2D eigenvalue weighted by atomic mass is 35.5. The van der Waals surface area contributed by atoms with E-state index in [1.54, 1.807) is 0 Å². The highest BCUT2D eigenvalue weighted by molar-refractivity contribution is 7.99. The lowest BCUT2D eigenvalue weighted by Gasteiger charge is -2.20. The maximum Gasteiger partial charge on any atom is 0.0500 e. The van der Waals surface area contributed by atoms with Gasteiger partial charge in [-0.05, 0) is 35.6 Å². The molecular formula is C17H17ClOS. The van der Waals surface area contributed by atoms with Gasteiger partial charge in [0.05, 0.1) is 0 Å². The first-order chi connectivity index (χ1) is 9.79. The molecule has 2 aromatic rings. The van der Waals surface area contributed by atoms with Crippen molar-refractivity contribution in [1.29, 1.82) is 0 Å². The van der Waals surface area contributed by atoms with Crippen LogP contribution in [0.4, 0.5) is 0 Å². The lowest BCUT2D eigenvalue weighted by atomic mass is 9.86. The summed E-state index contributed by atoms with van der Waals surface area (Å²) in [5, 5.41) is 10.5. The third kappa shape index (κ3) is 2.73. The van der Waals surface area contributed by atoms with Gasteiger partial charge in [-0.1, -0.05) is 48.0 Å². The van der Waals surface area contributed by atoms with Crippen LogP contribution in [-0.2, 0) is 0 Å². The molecule has 0 saturated heterocycles. The largest absolute Gasteiger partial charge is 0.396 e. The van der Waals surface area contributed by atoms with Crippen LogP contribution in [0.3, 0.4) is 0 Å². The molecule has 0 bridgehead atoms. The molecule has 1 aliphatic heterocycles. The van der Waals surface area contributed by atoms with E-state index in [1.807, 2.05) is 36.0 Å². The molecule has 0 aliphatic carbocycles. The van der Waals surface area contributed by atoms with Gasteiger partial charge in [0, 0.05) is 28.2 Å². The second kappa shape index (κ2) is 6.21. The minimum atomic E-state index is 0.112. The third-order valence-corrected chi connectivity index (χ3v) is 5.53. The van der Waals surface area contributed by atoms with E-state index in [0.717, 1.165) is 22.8 Å². The van der Waals surface area contributed by atoms with Crippen LogP contribution in [0, 0.1) is 0 Å². The quantitative estimate of drug-likeness (QED) is 0.884. The van der Waals surface area contributed by atoms with Crippen molar-refractivity contribution in [3.05, 3.63) is 64.7 Å². The summed E-state index contributed by atoms with van der Waals surface area (Å²) in [4.78, 5) is 1.38. The highest BCUT2D eigenvalue weighted by Crippen LogP contribution is 2.44. The minimum absolute atomic E-state index is 0.112. The standard InChI is InChI=1S/C17H17ClOS/c18-16-7-3-1-5-14(16)12(10-19)9-13-11-20-17-8-4-2-6-15(13)17/h1-8,12-13,19H,9-11H2. The summed E-state index contributed by atoms with van der Waals surface area (Å²) in [7, 11) is 0. The van der Waals surface area contributed by atoms with Crippen molar-refractivity contribution in [2.75, 3.05) is 12.4 Å². The SMILES string of the molecule is OCC(CC1CSc2ccccc21)c1ccccc1Cl. The average molecular weight is 305 g/mol. The van der Waals surface area contributed by atoms with Crippen molar-refractivity contribution >= 4 is 23.4 Å². The predicted octanol–water partition coefficient (Wildman–Crippen LogP) is 4.70. The van der Waals surface area contributed by atoms with Gasteiger partial charge in [-0.2, -0.15) is 0 Å². The summed E-state index contributed by atoms with van der Waals surface area (Å²) in [6, 6.07) is 16.4. The molecule has 0 spiro atoms. The van der Waals surface area contributed by atoms with Gasteiger partial charge in [-0.15, -0.1) is 11.8 Å². The fraction of sp³-hybridized carbons (Fsp3) is 0.294. The molecule has 0 aromatic heterocycles. The first kappa shape index (κ1) is 14.0. The van der Waals surface area contributed by atoms with E-state index in [-0.39, 0.29) is 12.5 Å². The Morgan fingerprint density at radius 1 is 1.15 bits per heavy atom. The van der Waals surface area contributed by atoms with Crippen molar-refractivity contribution in [2.24, 2.45) is 0 Å². The Balaban J connectivity index is 1.82. The summed E-state index contributed by atoms with van der Waals surface area (Å²) in [6.07, 6.45) is 0.949. The molecule has 2 unspecified atom stereocenters. The normalized spacial score (nSPS) is 18.8. The maximum absolute atomic E-state index is 9.75. The number of aliphatic hydroxyl groups excluding tert-OH is 1. The van der Waals surface area contributed by atoms with Crippen molar-refractivity contribution in [3.63, 3.8) is 0 Å².